The lowest BCUT2D eigenvalue weighted by Gasteiger charge is -2.43. The molecular weight excluding hydrogens is 262 g/mol. The van der Waals surface area contributed by atoms with Crippen LogP contribution in [0.25, 0.3) is 0 Å². The number of nitrogens with one attached hydrogen (secondary N) is 2. The van der Waals surface area contributed by atoms with E-state index < -0.39 is 0 Å². The standard InChI is InChI=1S/C17H21N3O/c1-12-4-5-14(10-13(12)2)17(7-3-8-17)11-18-16(21)15-6-9-19-20-15/h4-6,9-10H,3,7-8,11H2,1-2H3,(H,18,21)(H,19,20). The van der Waals surface area contributed by atoms with Gasteiger partial charge in [-0.05, 0) is 49.4 Å². The van der Waals surface area contributed by atoms with E-state index in [9.17, 15) is 4.79 Å². The number of aromatic nitrogens is 2. The highest BCUT2D eigenvalue weighted by molar-refractivity contribution is 5.92. The first-order chi connectivity index (χ1) is 10.1. The molecule has 0 saturated heterocycles. The van der Waals surface area contributed by atoms with Gasteiger partial charge in [-0.25, -0.2) is 0 Å². The fourth-order valence-corrected chi connectivity index (χ4v) is 2.97. The topological polar surface area (TPSA) is 57.8 Å². The highest BCUT2D eigenvalue weighted by atomic mass is 16.1. The number of carbonyl (C=O) groups excluding carboxylic acids is 1. The lowest BCUT2D eigenvalue weighted by atomic mass is 9.64. The molecule has 0 bridgehead atoms. The molecule has 21 heavy (non-hydrogen) atoms. The fraction of sp³-hybridized carbons (Fsp3) is 0.412. The van der Waals surface area contributed by atoms with E-state index in [0.717, 1.165) is 12.8 Å². The molecule has 2 aromatic rings. The van der Waals surface area contributed by atoms with Crippen LogP contribution in [0.2, 0.25) is 0 Å². The number of hydrogen-bond acceptors (Lipinski definition) is 2. The Morgan fingerprint density at radius 2 is 2.10 bits per heavy atom. The molecule has 0 unspecified atom stereocenters. The molecule has 1 aromatic heterocycles. The van der Waals surface area contributed by atoms with Crippen molar-refractivity contribution in [3.63, 3.8) is 0 Å². The summed E-state index contributed by atoms with van der Waals surface area (Å²) in [6.45, 7) is 4.97. The van der Waals surface area contributed by atoms with E-state index in [2.05, 4.69) is 47.6 Å². The van der Waals surface area contributed by atoms with Crippen LogP contribution in [-0.2, 0) is 5.41 Å². The van der Waals surface area contributed by atoms with E-state index in [1.165, 1.54) is 23.1 Å². The van der Waals surface area contributed by atoms with Crippen LogP contribution in [0.1, 0.15) is 46.4 Å². The van der Waals surface area contributed by atoms with E-state index in [0.29, 0.717) is 12.2 Å². The molecule has 1 aliphatic carbocycles. The average Bonchev–Trinajstić information content (AvgIpc) is 2.95. The molecule has 1 heterocycles. The van der Waals surface area contributed by atoms with Gasteiger partial charge in [0.15, 0.2) is 0 Å². The van der Waals surface area contributed by atoms with Gasteiger partial charge in [0.05, 0.1) is 0 Å². The van der Waals surface area contributed by atoms with Gasteiger partial charge < -0.3 is 5.32 Å². The highest BCUT2D eigenvalue weighted by Crippen LogP contribution is 2.43. The van der Waals surface area contributed by atoms with Crippen molar-refractivity contribution >= 4 is 5.91 Å². The van der Waals surface area contributed by atoms with Gasteiger partial charge >= 0.3 is 0 Å². The quantitative estimate of drug-likeness (QED) is 0.906. The van der Waals surface area contributed by atoms with Crippen molar-refractivity contribution in [2.24, 2.45) is 0 Å². The van der Waals surface area contributed by atoms with Crippen LogP contribution in [0, 0.1) is 13.8 Å². The summed E-state index contributed by atoms with van der Waals surface area (Å²) in [4.78, 5) is 12.1. The van der Waals surface area contributed by atoms with E-state index >= 15 is 0 Å². The van der Waals surface area contributed by atoms with E-state index in [1.54, 1.807) is 12.3 Å². The number of aryl methyl sites for hydroxylation is 2. The van der Waals surface area contributed by atoms with Gasteiger partial charge in [0, 0.05) is 18.2 Å². The smallest absolute Gasteiger partial charge is 0.269 e. The molecule has 2 N–H and O–H groups in total. The molecular formula is C17H21N3O. The van der Waals surface area contributed by atoms with Crippen LogP contribution in [0.15, 0.2) is 30.5 Å². The second-order valence-electron chi connectivity index (χ2n) is 6.09. The second kappa shape index (κ2) is 5.35. The van der Waals surface area contributed by atoms with Crippen molar-refractivity contribution in [1.29, 1.82) is 0 Å². The van der Waals surface area contributed by atoms with Crippen LogP contribution >= 0.6 is 0 Å². The van der Waals surface area contributed by atoms with Crippen molar-refractivity contribution in [3.8, 4) is 0 Å². The lowest BCUT2D eigenvalue weighted by molar-refractivity contribution is 0.0923. The number of hydrogen-bond donors (Lipinski definition) is 2. The first kappa shape index (κ1) is 13.9. The Labute approximate surface area is 125 Å². The summed E-state index contributed by atoms with van der Waals surface area (Å²) >= 11 is 0. The van der Waals surface area contributed by atoms with E-state index in [4.69, 9.17) is 0 Å². The highest BCUT2D eigenvalue weighted by Gasteiger charge is 2.39. The molecule has 1 fully saturated rings. The normalized spacial score (nSPS) is 16.3. The summed E-state index contributed by atoms with van der Waals surface area (Å²) in [6, 6.07) is 8.36. The summed E-state index contributed by atoms with van der Waals surface area (Å²) in [7, 11) is 0. The zero-order valence-electron chi connectivity index (χ0n) is 12.6. The summed E-state index contributed by atoms with van der Waals surface area (Å²) in [5, 5.41) is 9.57. The van der Waals surface area contributed by atoms with Crippen molar-refractivity contribution in [1.82, 2.24) is 15.5 Å². The molecule has 0 atom stereocenters. The first-order valence-corrected chi connectivity index (χ1v) is 7.46. The number of amides is 1. The second-order valence-corrected chi connectivity index (χ2v) is 6.09. The SMILES string of the molecule is Cc1ccc(C2(CNC(=O)c3ccn[nH]3)CCC2)cc1C. The third kappa shape index (κ3) is 2.58. The Morgan fingerprint density at radius 3 is 2.67 bits per heavy atom. The fourth-order valence-electron chi connectivity index (χ4n) is 2.97. The average molecular weight is 283 g/mol. The van der Waals surface area contributed by atoms with Crippen LogP contribution < -0.4 is 5.32 Å². The van der Waals surface area contributed by atoms with Crippen LogP contribution in [-0.4, -0.2) is 22.6 Å². The van der Waals surface area contributed by atoms with Gasteiger partial charge in [0.2, 0.25) is 0 Å². The van der Waals surface area contributed by atoms with E-state index in [-0.39, 0.29) is 11.3 Å². The van der Waals surface area contributed by atoms with Gasteiger partial charge in [-0.1, -0.05) is 24.6 Å². The molecule has 4 heteroatoms. The molecule has 3 rings (SSSR count). The summed E-state index contributed by atoms with van der Waals surface area (Å²) in [5.41, 5.74) is 4.61. The molecule has 110 valence electrons. The Hall–Kier alpha value is -2.10. The third-order valence-electron chi connectivity index (χ3n) is 4.76. The maximum Gasteiger partial charge on any atom is 0.269 e. The Kier molecular flexibility index (Phi) is 3.53. The molecule has 4 nitrogen and oxygen atoms in total. The molecule has 1 saturated carbocycles. The number of rotatable bonds is 4. The molecule has 0 radical (unpaired) electrons. The van der Waals surface area contributed by atoms with E-state index in [1.807, 2.05) is 0 Å². The molecule has 1 amide bonds. The van der Waals surface area contributed by atoms with Gasteiger partial charge in [0.1, 0.15) is 5.69 Å². The minimum atomic E-state index is -0.0809. The Balaban J connectivity index is 1.74. The summed E-state index contributed by atoms with van der Waals surface area (Å²) < 4.78 is 0. The summed E-state index contributed by atoms with van der Waals surface area (Å²) in [6.07, 6.45) is 5.10. The molecule has 0 spiro atoms. The predicted molar refractivity (Wildman–Crippen MR) is 82.4 cm³/mol. The van der Waals surface area contributed by atoms with Crippen LogP contribution in [0.3, 0.4) is 0 Å². The molecule has 1 aliphatic rings. The maximum atomic E-state index is 12.1. The number of nitrogens with zero attached hydrogens (tertiary/aromatic N) is 1. The number of H-pyrrole nitrogens is 1. The van der Waals surface area contributed by atoms with Gasteiger partial charge in [-0.3, -0.25) is 9.89 Å². The van der Waals surface area contributed by atoms with Crippen molar-refractivity contribution < 1.29 is 4.79 Å². The maximum absolute atomic E-state index is 12.1. The summed E-state index contributed by atoms with van der Waals surface area (Å²) in [5.74, 6) is -0.0809. The number of aromatic amines is 1. The predicted octanol–water partition coefficient (Wildman–Crippen LogP) is 2.88. The largest absolute Gasteiger partial charge is 0.350 e. The van der Waals surface area contributed by atoms with Crippen molar-refractivity contribution in [3.05, 3.63) is 52.8 Å². The zero-order valence-corrected chi connectivity index (χ0v) is 12.6. The van der Waals surface area contributed by atoms with Gasteiger partial charge in [-0.2, -0.15) is 5.10 Å². The minimum absolute atomic E-state index is 0.0809. The number of benzene rings is 1. The van der Waals surface area contributed by atoms with Crippen molar-refractivity contribution in [2.75, 3.05) is 6.54 Å². The van der Waals surface area contributed by atoms with Crippen LogP contribution in [0.4, 0.5) is 0 Å². The monoisotopic (exact) mass is 283 g/mol. The lowest BCUT2D eigenvalue weighted by Crippen LogP contribution is -2.45. The van der Waals surface area contributed by atoms with Gasteiger partial charge in [0.25, 0.3) is 5.91 Å². The number of carbonyl (C=O) groups is 1. The minimum Gasteiger partial charge on any atom is -0.350 e. The van der Waals surface area contributed by atoms with Gasteiger partial charge in [-0.15, -0.1) is 0 Å². The Bertz CT molecular complexity index is 642. The zero-order chi connectivity index (χ0) is 14.9. The first-order valence-electron chi connectivity index (χ1n) is 7.46. The third-order valence-corrected chi connectivity index (χ3v) is 4.76. The van der Waals surface area contributed by atoms with Crippen LogP contribution in [0.5, 0.6) is 0 Å². The Morgan fingerprint density at radius 1 is 1.29 bits per heavy atom. The molecule has 1 aromatic carbocycles. The molecule has 0 aliphatic heterocycles. The van der Waals surface area contributed by atoms with Crippen molar-refractivity contribution in [2.45, 2.75) is 38.5 Å².